The van der Waals surface area contributed by atoms with E-state index in [1.165, 1.54) is 0 Å². The maximum atomic E-state index is 12.2. The van der Waals surface area contributed by atoms with Crippen LogP contribution in [0.5, 0.6) is 11.5 Å². The molecule has 0 fully saturated rings. The fourth-order valence-corrected chi connectivity index (χ4v) is 2.43. The van der Waals surface area contributed by atoms with Crippen molar-refractivity contribution in [3.05, 3.63) is 53.9 Å². The van der Waals surface area contributed by atoms with Gasteiger partial charge in [0.2, 0.25) is 0 Å². The van der Waals surface area contributed by atoms with Crippen LogP contribution in [0.4, 0.5) is 4.79 Å². The Morgan fingerprint density at radius 2 is 1.74 bits per heavy atom. The quantitative estimate of drug-likeness (QED) is 0.837. The van der Waals surface area contributed by atoms with Crippen molar-refractivity contribution in [2.75, 3.05) is 0 Å². The van der Waals surface area contributed by atoms with Gasteiger partial charge in [-0.1, -0.05) is 6.07 Å². The summed E-state index contributed by atoms with van der Waals surface area (Å²) < 4.78 is 11.2. The number of benzene rings is 1. The molecule has 1 aromatic carbocycles. The highest BCUT2D eigenvalue weighted by atomic mass is 16.6. The third-order valence-corrected chi connectivity index (χ3v) is 3.44. The average Bonchev–Trinajstić information content (AvgIpc) is 2.90. The molecule has 0 bridgehead atoms. The molecule has 0 aliphatic carbocycles. The molecule has 2 aromatic rings. The first kappa shape index (κ1) is 15.3. The van der Waals surface area contributed by atoms with Gasteiger partial charge in [0.1, 0.15) is 17.1 Å². The van der Waals surface area contributed by atoms with Gasteiger partial charge in [0, 0.05) is 25.5 Å². The van der Waals surface area contributed by atoms with E-state index in [0.29, 0.717) is 13.1 Å². The lowest BCUT2D eigenvalue weighted by molar-refractivity contribution is 0.0242. The zero-order valence-corrected chi connectivity index (χ0v) is 13.6. The lowest BCUT2D eigenvalue weighted by Gasteiger charge is -2.24. The van der Waals surface area contributed by atoms with Crippen molar-refractivity contribution < 1.29 is 14.3 Å². The van der Waals surface area contributed by atoms with Crippen LogP contribution in [0.3, 0.4) is 0 Å². The van der Waals surface area contributed by atoms with Crippen molar-refractivity contribution in [3.8, 4) is 11.5 Å². The summed E-state index contributed by atoms with van der Waals surface area (Å²) in [5.74, 6) is 1.49. The number of rotatable bonds is 2. The number of carbonyl (C=O) groups excluding carboxylic acids is 1. The zero-order valence-electron chi connectivity index (χ0n) is 13.6. The Hall–Kier alpha value is -2.56. The number of aromatic nitrogens is 1. The number of nitrogens with zero attached hydrogens (tertiary/aromatic N) is 2. The van der Waals surface area contributed by atoms with E-state index in [0.717, 1.165) is 22.6 Å². The highest BCUT2D eigenvalue weighted by Crippen LogP contribution is 2.30. The molecule has 0 saturated carbocycles. The Morgan fingerprint density at radius 3 is 2.43 bits per heavy atom. The molecule has 0 saturated heterocycles. The minimum Gasteiger partial charge on any atom is -0.457 e. The van der Waals surface area contributed by atoms with Crippen LogP contribution in [0.2, 0.25) is 0 Å². The largest absolute Gasteiger partial charge is 0.457 e. The van der Waals surface area contributed by atoms with Crippen molar-refractivity contribution in [2.45, 2.75) is 39.5 Å². The lowest BCUT2D eigenvalue weighted by Crippen LogP contribution is -2.33. The van der Waals surface area contributed by atoms with E-state index in [9.17, 15) is 4.79 Å². The standard InChI is InChI=1S/C18H20N2O3/c1-18(2,3)23-17(21)20-11-13-4-5-16(10-14(13)12-20)22-15-6-8-19-9-7-15/h4-10H,11-12H2,1-3H3. The number of carbonyl (C=O) groups is 1. The Labute approximate surface area is 135 Å². The van der Waals surface area contributed by atoms with Crippen LogP contribution >= 0.6 is 0 Å². The Balaban J connectivity index is 1.70. The normalized spacial score (nSPS) is 13.6. The summed E-state index contributed by atoms with van der Waals surface area (Å²) in [6, 6.07) is 9.49. The van der Waals surface area contributed by atoms with Crippen molar-refractivity contribution in [1.82, 2.24) is 9.88 Å². The first-order chi connectivity index (χ1) is 10.9. The second-order valence-electron chi connectivity index (χ2n) is 6.55. The van der Waals surface area contributed by atoms with Crippen molar-refractivity contribution in [3.63, 3.8) is 0 Å². The third-order valence-electron chi connectivity index (χ3n) is 3.44. The van der Waals surface area contributed by atoms with E-state index in [-0.39, 0.29) is 6.09 Å². The molecule has 23 heavy (non-hydrogen) atoms. The topological polar surface area (TPSA) is 51.7 Å². The van der Waals surface area contributed by atoms with Crippen LogP contribution < -0.4 is 4.74 Å². The molecule has 1 amide bonds. The van der Waals surface area contributed by atoms with Gasteiger partial charge in [-0.05, 0) is 56.2 Å². The van der Waals surface area contributed by atoms with Gasteiger partial charge in [-0.15, -0.1) is 0 Å². The number of hydrogen-bond donors (Lipinski definition) is 0. The number of hydrogen-bond acceptors (Lipinski definition) is 4. The minimum atomic E-state index is -0.485. The Kier molecular flexibility index (Phi) is 3.94. The second-order valence-corrected chi connectivity index (χ2v) is 6.55. The molecular weight excluding hydrogens is 292 g/mol. The smallest absolute Gasteiger partial charge is 0.410 e. The van der Waals surface area contributed by atoms with Crippen LogP contribution in [0.15, 0.2) is 42.7 Å². The molecule has 1 aliphatic heterocycles. The SMILES string of the molecule is CC(C)(C)OC(=O)N1Cc2ccc(Oc3ccncc3)cc2C1. The summed E-state index contributed by atoms with van der Waals surface area (Å²) in [6.45, 7) is 6.72. The van der Waals surface area contributed by atoms with Crippen LogP contribution in [-0.4, -0.2) is 21.6 Å². The van der Waals surface area contributed by atoms with Gasteiger partial charge < -0.3 is 9.47 Å². The van der Waals surface area contributed by atoms with Crippen molar-refractivity contribution >= 4 is 6.09 Å². The van der Waals surface area contributed by atoms with Gasteiger partial charge in [0.05, 0.1) is 0 Å². The van der Waals surface area contributed by atoms with Crippen LogP contribution in [0, 0.1) is 0 Å². The van der Waals surface area contributed by atoms with E-state index in [1.54, 1.807) is 29.4 Å². The molecule has 0 unspecified atom stereocenters. The number of ether oxygens (including phenoxy) is 2. The Bertz CT molecular complexity index is 708. The fourth-order valence-electron chi connectivity index (χ4n) is 2.43. The zero-order chi connectivity index (χ0) is 16.4. The van der Waals surface area contributed by atoms with Crippen LogP contribution in [0.25, 0.3) is 0 Å². The summed E-state index contributed by atoms with van der Waals surface area (Å²) >= 11 is 0. The van der Waals surface area contributed by atoms with Crippen LogP contribution in [-0.2, 0) is 17.8 Å². The summed E-state index contributed by atoms with van der Waals surface area (Å²) in [5.41, 5.74) is 1.72. The third kappa shape index (κ3) is 3.80. The summed E-state index contributed by atoms with van der Waals surface area (Å²) in [7, 11) is 0. The predicted molar refractivity (Wildman–Crippen MR) is 86.2 cm³/mol. The fraction of sp³-hybridized carbons (Fsp3) is 0.333. The number of pyridine rings is 1. The molecule has 0 N–H and O–H groups in total. The van der Waals surface area contributed by atoms with E-state index in [1.807, 2.05) is 39.0 Å². The molecule has 1 aliphatic rings. The lowest BCUT2D eigenvalue weighted by atomic mass is 10.1. The van der Waals surface area contributed by atoms with E-state index in [2.05, 4.69) is 4.98 Å². The van der Waals surface area contributed by atoms with Crippen molar-refractivity contribution in [1.29, 1.82) is 0 Å². The predicted octanol–water partition coefficient (Wildman–Crippen LogP) is 4.12. The van der Waals surface area contributed by atoms with Gasteiger partial charge in [-0.3, -0.25) is 9.88 Å². The monoisotopic (exact) mass is 312 g/mol. The summed E-state index contributed by atoms with van der Waals surface area (Å²) in [5, 5.41) is 0. The van der Waals surface area contributed by atoms with E-state index >= 15 is 0 Å². The molecule has 0 spiro atoms. The van der Waals surface area contributed by atoms with Gasteiger partial charge >= 0.3 is 6.09 Å². The molecule has 3 rings (SSSR count). The number of fused-ring (bicyclic) bond motifs is 1. The molecule has 0 radical (unpaired) electrons. The highest BCUT2D eigenvalue weighted by Gasteiger charge is 2.27. The Morgan fingerprint density at radius 1 is 1.04 bits per heavy atom. The second kappa shape index (κ2) is 5.91. The van der Waals surface area contributed by atoms with Gasteiger partial charge in [-0.2, -0.15) is 0 Å². The maximum Gasteiger partial charge on any atom is 0.410 e. The first-order valence-corrected chi connectivity index (χ1v) is 7.58. The molecule has 120 valence electrons. The molecule has 5 heteroatoms. The van der Waals surface area contributed by atoms with Gasteiger partial charge in [0.15, 0.2) is 0 Å². The molecule has 2 heterocycles. The average molecular weight is 312 g/mol. The van der Waals surface area contributed by atoms with Crippen LogP contribution in [0.1, 0.15) is 31.9 Å². The maximum absolute atomic E-state index is 12.2. The van der Waals surface area contributed by atoms with Gasteiger partial charge in [0.25, 0.3) is 0 Å². The minimum absolute atomic E-state index is 0.287. The molecular formula is C18H20N2O3. The number of amides is 1. The van der Waals surface area contributed by atoms with Gasteiger partial charge in [-0.25, -0.2) is 4.79 Å². The first-order valence-electron chi connectivity index (χ1n) is 7.58. The van der Waals surface area contributed by atoms with Crippen molar-refractivity contribution in [2.24, 2.45) is 0 Å². The molecule has 0 atom stereocenters. The molecule has 1 aromatic heterocycles. The van der Waals surface area contributed by atoms with E-state index < -0.39 is 5.60 Å². The summed E-state index contributed by atoms with van der Waals surface area (Å²) in [6.07, 6.45) is 3.09. The highest BCUT2D eigenvalue weighted by molar-refractivity contribution is 5.69. The molecule has 5 nitrogen and oxygen atoms in total. The van der Waals surface area contributed by atoms with E-state index in [4.69, 9.17) is 9.47 Å². The summed E-state index contributed by atoms with van der Waals surface area (Å²) in [4.78, 5) is 17.8.